The standard InChI is InChI=1S/C21H30N2O6/c1-7-12-28-15(4)19(23-21(25)29-14(2)3)20(24)22-11-10-16-8-9-17(26-5)18(13-16)27-6/h1,8-9,13-15,19H,10-12H2,2-6H3,(H,22,24)(H,23,25)/t15-,19+/m1/s1. The summed E-state index contributed by atoms with van der Waals surface area (Å²) in [6.07, 6.45) is 4.12. The van der Waals surface area contributed by atoms with Crippen LogP contribution in [0.15, 0.2) is 18.2 Å². The molecule has 0 unspecified atom stereocenters. The summed E-state index contributed by atoms with van der Waals surface area (Å²) in [5.74, 6) is 3.20. The Morgan fingerprint density at radius 3 is 2.41 bits per heavy atom. The second kappa shape index (κ2) is 12.5. The van der Waals surface area contributed by atoms with Crippen molar-refractivity contribution in [3.05, 3.63) is 23.8 Å². The van der Waals surface area contributed by atoms with Gasteiger partial charge in [-0.1, -0.05) is 12.0 Å². The van der Waals surface area contributed by atoms with E-state index in [1.54, 1.807) is 41.1 Å². The molecule has 1 aromatic carbocycles. The minimum Gasteiger partial charge on any atom is -0.493 e. The van der Waals surface area contributed by atoms with Gasteiger partial charge in [-0.05, 0) is 44.9 Å². The summed E-state index contributed by atoms with van der Waals surface area (Å²) in [5.41, 5.74) is 0.961. The van der Waals surface area contributed by atoms with E-state index in [9.17, 15) is 9.59 Å². The van der Waals surface area contributed by atoms with Crippen molar-refractivity contribution in [2.45, 2.75) is 45.4 Å². The molecule has 1 aromatic rings. The van der Waals surface area contributed by atoms with Crippen LogP contribution in [0.25, 0.3) is 0 Å². The SMILES string of the molecule is C#CCO[C@H](C)[C@H](NC(=O)OC(C)C)C(=O)NCCc1ccc(OC)c(OC)c1. The Morgan fingerprint density at radius 2 is 1.83 bits per heavy atom. The number of carbonyl (C=O) groups excluding carboxylic acids is 2. The fraction of sp³-hybridized carbons (Fsp3) is 0.524. The minimum atomic E-state index is -0.944. The van der Waals surface area contributed by atoms with Crippen molar-refractivity contribution in [1.82, 2.24) is 10.6 Å². The van der Waals surface area contributed by atoms with Crippen LogP contribution in [0.1, 0.15) is 26.3 Å². The van der Waals surface area contributed by atoms with Crippen LogP contribution in [-0.4, -0.2) is 57.6 Å². The molecular weight excluding hydrogens is 376 g/mol. The zero-order valence-corrected chi connectivity index (χ0v) is 17.6. The Bertz CT molecular complexity index is 714. The summed E-state index contributed by atoms with van der Waals surface area (Å²) in [5, 5.41) is 5.34. The van der Waals surface area contributed by atoms with Gasteiger partial charge in [0.1, 0.15) is 12.6 Å². The van der Waals surface area contributed by atoms with E-state index < -0.39 is 24.1 Å². The van der Waals surface area contributed by atoms with Gasteiger partial charge in [-0.2, -0.15) is 0 Å². The van der Waals surface area contributed by atoms with Gasteiger partial charge in [0.15, 0.2) is 11.5 Å². The molecule has 2 atom stereocenters. The lowest BCUT2D eigenvalue weighted by Crippen LogP contribution is -2.53. The largest absolute Gasteiger partial charge is 0.493 e. The quantitative estimate of drug-likeness (QED) is 0.545. The third-order valence-electron chi connectivity index (χ3n) is 3.96. The number of alkyl carbamates (subject to hydrolysis) is 1. The molecule has 1 rings (SSSR count). The number of rotatable bonds is 11. The number of nitrogens with one attached hydrogen (secondary N) is 2. The van der Waals surface area contributed by atoms with Gasteiger partial charge in [0.05, 0.1) is 26.4 Å². The summed E-state index contributed by atoms with van der Waals surface area (Å²) in [6, 6.07) is 4.60. The predicted octanol–water partition coefficient (Wildman–Crippen LogP) is 1.90. The van der Waals surface area contributed by atoms with Crippen molar-refractivity contribution in [2.24, 2.45) is 0 Å². The molecular formula is C21H30N2O6. The van der Waals surface area contributed by atoms with Crippen LogP contribution >= 0.6 is 0 Å². The second-order valence-corrected chi connectivity index (χ2v) is 6.53. The molecule has 0 aliphatic carbocycles. The van der Waals surface area contributed by atoms with Crippen molar-refractivity contribution in [3.8, 4) is 23.8 Å². The molecule has 8 nitrogen and oxygen atoms in total. The number of methoxy groups -OCH3 is 2. The average Bonchev–Trinajstić information content (AvgIpc) is 2.69. The Balaban J connectivity index is 2.71. The zero-order chi connectivity index (χ0) is 21.8. The van der Waals surface area contributed by atoms with E-state index in [1.807, 2.05) is 12.1 Å². The highest BCUT2D eigenvalue weighted by Gasteiger charge is 2.28. The van der Waals surface area contributed by atoms with Crippen molar-refractivity contribution in [1.29, 1.82) is 0 Å². The molecule has 0 saturated carbocycles. The Hall–Kier alpha value is -2.92. The van der Waals surface area contributed by atoms with Crippen LogP contribution in [0, 0.1) is 12.3 Å². The highest BCUT2D eigenvalue weighted by atomic mass is 16.6. The number of amides is 2. The monoisotopic (exact) mass is 406 g/mol. The van der Waals surface area contributed by atoms with Gasteiger partial charge >= 0.3 is 6.09 Å². The van der Waals surface area contributed by atoms with E-state index in [0.29, 0.717) is 24.5 Å². The summed E-state index contributed by atoms with van der Waals surface area (Å²) in [4.78, 5) is 24.6. The maximum absolute atomic E-state index is 12.6. The lowest BCUT2D eigenvalue weighted by molar-refractivity contribution is -0.126. The normalized spacial score (nSPS) is 12.4. The van der Waals surface area contributed by atoms with Crippen LogP contribution in [-0.2, 0) is 20.7 Å². The lowest BCUT2D eigenvalue weighted by atomic mass is 10.1. The molecule has 0 bridgehead atoms. The smallest absolute Gasteiger partial charge is 0.408 e. The molecule has 2 N–H and O–H groups in total. The van der Waals surface area contributed by atoms with E-state index in [1.165, 1.54) is 0 Å². The summed E-state index contributed by atoms with van der Waals surface area (Å²) in [6.45, 7) is 5.47. The van der Waals surface area contributed by atoms with Crippen LogP contribution in [0.4, 0.5) is 4.79 Å². The van der Waals surface area contributed by atoms with Crippen LogP contribution in [0.2, 0.25) is 0 Å². The Morgan fingerprint density at radius 1 is 1.14 bits per heavy atom. The van der Waals surface area contributed by atoms with E-state index >= 15 is 0 Å². The number of ether oxygens (including phenoxy) is 4. The first-order valence-corrected chi connectivity index (χ1v) is 9.33. The maximum atomic E-state index is 12.6. The van der Waals surface area contributed by atoms with Crippen LogP contribution < -0.4 is 20.1 Å². The Labute approximate surface area is 172 Å². The molecule has 0 saturated heterocycles. The third kappa shape index (κ3) is 8.32. The van der Waals surface area contributed by atoms with Gasteiger partial charge in [-0.3, -0.25) is 4.79 Å². The number of terminal acetylenes is 1. The molecule has 8 heteroatoms. The molecule has 0 aromatic heterocycles. The highest BCUT2D eigenvalue weighted by molar-refractivity contribution is 5.86. The van der Waals surface area contributed by atoms with E-state index in [4.69, 9.17) is 25.4 Å². The molecule has 2 amide bonds. The van der Waals surface area contributed by atoms with Gasteiger partial charge in [0, 0.05) is 6.54 Å². The van der Waals surface area contributed by atoms with E-state index in [-0.39, 0.29) is 12.7 Å². The first-order valence-electron chi connectivity index (χ1n) is 9.33. The fourth-order valence-corrected chi connectivity index (χ4v) is 2.52. The summed E-state index contributed by atoms with van der Waals surface area (Å²) >= 11 is 0. The zero-order valence-electron chi connectivity index (χ0n) is 17.6. The molecule has 160 valence electrons. The highest BCUT2D eigenvalue weighted by Crippen LogP contribution is 2.27. The fourth-order valence-electron chi connectivity index (χ4n) is 2.52. The molecule has 0 spiro atoms. The lowest BCUT2D eigenvalue weighted by Gasteiger charge is -2.24. The summed E-state index contributed by atoms with van der Waals surface area (Å²) < 4.78 is 21.0. The first kappa shape index (κ1) is 24.1. The third-order valence-corrected chi connectivity index (χ3v) is 3.96. The van der Waals surface area contributed by atoms with Gasteiger partial charge in [-0.25, -0.2) is 4.79 Å². The van der Waals surface area contributed by atoms with E-state index in [2.05, 4.69) is 16.6 Å². The van der Waals surface area contributed by atoms with Gasteiger partial charge in [0.2, 0.25) is 5.91 Å². The van der Waals surface area contributed by atoms with Gasteiger partial charge in [-0.15, -0.1) is 6.42 Å². The van der Waals surface area contributed by atoms with Gasteiger partial charge in [0.25, 0.3) is 0 Å². The predicted molar refractivity (Wildman–Crippen MR) is 109 cm³/mol. The number of carbonyl (C=O) groups is 2. The van der Waals surface area contributed by atoms with Crippen molar-refractivity contribution in [3.63, 3.8) is 0 Å². The topological polar surface area (TPSA) is 95.1 Å². The number of hydrogen-bond acceptors (Lipinski definition) is 6. The van der Waals surface area contributed by atoms with Crippen molar-refractivity contribution < 1.29 is 28.5 Å². The summed E-state index contributed by atoms with van der Waals surface area (Å²) in [7, 11) is 3.13. The van der Waals surface area contributed by atoms with Crippen LogP contribution in [0.3, 0.4) is 0 Å². The van der Waals surface area contributed by atoms with Gasteiger partial charge < -0.3 is 29.6 Å². The molecule has 0 aliphatic rings. The first-order chi connectivity index (χ1) is 13.8. The molecule has 0 aliphatic heterocycles. The molecule has 29 heavy (non-hydrogen) atoms. The second-order valence-electron chi connectivity index (χ2n) is 6.53. The maximum Gasteiger partial charge on any atom is 0.408 e. The van der Waals surface area contributed by atoms with Crippen molar-refractivity contribution >= 4 is 12.0 Å². The molecule has 0 radical (unpaired) electrons. The van der Waals surface area contributed by atoms with Crippen molar-refractivity contribution in [2.75, 3.05) is 27.4 Å². The number of benzene rings is 1. The molecule has 0 fully saturated rings. The molecule has 0 heterocycles. The van der Waals surface area contributed by atoms with E-state index in [0.717, 1.165) is 5.56 Å². The average molecular weight is 406 g/mol. The Kier molecular flexibility index (Phi) is 10.4. The van der Waals surface area contributed by atoms with Crippen LogP contribution in [0.5, 0.6) is 11.5 Å². The number of hydrogen-bond donors (Lipinski definition) is 2. The minimum absolute atomic E-state index is 0.0253.